The highest BCUT2D eigenvalue weighted by molar-refractivity contribution is 9.10. The topological polar surface area (TPSA) is 32.3 Å². The Morgan fingerprint density at radius 3 is 3.00 bits per heavy atom. The summed E-state index contributed by atoms with van der Waals surface area (Å²) >= 11 is 9.26. The Hall–Kier alpha value is -0.580. The fourth-order valence-corrected chi connectivity index (χ4v) is 2.43. The molecule has 0 radical (unpaired) electrons. The molecule has 1 aliphatic heterocycles. The van der Waals surface area contributed by atoms with Crippen LogP contribution in [0, 0.1) is 0 Å². The first kappa shape index (κ1) is 12.9. The predicted octanol–water partition coefficient (Wildman–Crippen LogP) is 2.54. The molecule has 0 aromatic heterocycles. The Labute approximate surface area is 114 Å². The summed E-state index contributed by atoms with van der Waals surface area (Å²) in [6, 6.07) is 5.51. The standard InChI is InChI=1S/C12H14BrClN2O/c1-8-7-15-4-5-16(8)12(17)9-2-3-11(14)10(13)6-9/h2-3,6,8,15H,4-5,7H2,1H3. The minimum absolute atomic E-state index is 0.0661. The number of rotatable bonds is 1. The van der Waals surface area contributed by atoms with Crippen molar-refractivity contribution in [3.63, 3.8) is 0 Å². The van der Waals surface area contributed by atoms with Crippen molar-refractivity contribution in [2.24, 2.45) is 0 Å². The van der Waals surface area contributed by atoms with Crippen LogP contribution in [0.25, 0.3) is 0 Å². The molecule has 17 heavy (non-hydrogen) atoms. The number of piperazine rings is 1. The predicted molar refractivity (Wildman–Crippen MR) is 72.5 cm³/mol. The monoisotopic (exact) mass is 316 g/mol. The lowest BCUT2D eigenvalue weighted by Gasteiger charge is -2.34. The highest BCUT2D eigenvalue weighted by atomic mass is 79.9. The van der Waals surface area contributed by atoms with Crippen LogP contribution < -0.4 is 5.32 Å². The minimum Gasteiger partial charge on any atom is -0.333 e. The summed E-state index contributed by atoms with van der Waals surface area (Å²) in [6.07, 6.45) is 0. The molecule has 0 bridgehead atoms. The van der Waals surface area contributed by atoms with Crippen molar-refractivity contribution in [3.05, 3.63) is 33.3 Å². The van der Waals surface area contributed by atoms with E-state index in [1.165, 1.54) is 0 Å². The average molecular weight is 318 g/mol. The van der Waals surface area contributed by atoms with E-state index < -0.39 is 0 Å². The Morgan fingerprint density at radius 2 is 2.35 bits per heavy atom. The van der Waals surface area contributed by atoms with Crippen LogP contribution in [0.5, 0.6) is 0 Å². The van der Waals surface area contributed by atoms with E-state index in [1.54, 1.807) is 18.2 Å². The number of hydrogen-bond acceptors (Lipinski definition) is 2. The first-order valence-electron chi connectivity index (χ1n) is 5.56. The fraction of sp³-hybridized carbons (Fsp3) is 0.417. The summed E-state index contributed by atoms with van der Waals surface area (Å²) in [5.74, 6) is 0.0661. The van der Waals surface area contributed by atoms with Crippen LogP contribution in [0.1, 0.15) is 17.3 Å². The van der Waals surface area contributed by atoms with Crippen LogP contribution in [-0.2, 0) is 0 Å². The Balaban J connectivity index is 2.21. The number of carbonyl (C=O) groups is 1. The van der Waals surface area contributed by atoms with Gasteiger partial charge in [0.25, 0.3) is 5.91 Å². The number of carbonyl (C=O) groups excluding carboxylic acids is 1. The van der Waals surface area contributed by atoms with E-state index in [9.17, 15) is 4.79 Å². The van der Waals surface area contributed by atoms with Crippen LogP contribution in [0.4, 0.5) is 0 Å². The molecule has 1 aromatic rings. The van der Waals surface area contributed by atoms with Crippen LogP contribution in [0.2, 0.25) is 5.02 Å². The van der Waals surface area contributed by atoms with E-state index in [-0.39, 0.29) is 11.9 Å². The summed E-state index contributed by atoms with van der Waals surface area (Å²) in [5, 5.41) is 3.89. The molecule has 1 atom stereocenters. The molecule has 5 heteroatoms. The summed E-state index contributed by atoms with van der Waals surface area (Å²) in [5.41, 5.74) is 0.676. The molecule has 1 saturated heterocycles. The van der Waals surface area contributed by atoms with Gasteiger partial charge in [0.2, 0.25) is 0 Å². The van der Waals surface area contributed by atoms with E-state index in [0.717, 1.165) is 24.1 Å². The molecular formula is C12H14BrClN2O. The van der Waals surface area contributed by atoms with Crippen molar-refractivity contribution in [2.45, 2.75) is 13.0 Å². The second-order valence-electron chi connectivity index (χ2n) is 4.18. The minimum atomic E-state index is 0.0661. The van der Waals surface area contributed by atoms with E-state index in [4.69, 9.17) is 11.6 Å². The van der Waals surface area contributed by atoms with Crippen LogP contribution in [0.3, 0.4) is 0 Å². The third kappa shape index (κ3) is 2.81. The molecule has 1 unspecified atom stereocenters. The third-order valence-corrected chi connectivity index (χ3v) is 4.14. The molecule has 1 N–H and O–H groups in total. The zero-order valence-corrected chi connectivity index (χ0v) is 11.9. The number of nitrogens with one attached hydrogen (secondary N) is 1. The third-order valence-electron chi connectivity index (χ3n) is 2.93. The molecule has 0 spiro atoms. The zero-order valence-electron chi connectivity index (χ0n) is 9.54. The quantitative estimate of drug-likeness (QED) is 0.863. The lowest BCUT2D eigenvalue weighted by Crippen LogP contribution is -2.52. The summed E-state index contributed by atoms with van der Waals surface area (Å²) in [4.78, 5) is 14.2. The molecular weight excluding hydrogens is 304 g/mol. The maximum atomic E-state index is 12.3. The van der Waals surface area contributed by atoms with Gasteiger partial charge < -0.3 is 10.2 Å². The van der Waals surface area contributed by atoms with Gasteiger partial charge in [-0.2, -0.15) is 0 Å². The van der Waals surface area contributed by atoms with Crippen molar-refractivity contribution in [1.82, 2.24) is 10.2 Å². The van der Waals surface area contributed by atoms with Gasteiger partial charge in [-0.25, -0.2) is 0 Å². The van der Waals surface area contributed by atoms with Crippen molar-refractivity contribution in [3.8, 4) is 0 Å². The maximum Gasteiger partial charge on any atom is 0.254 e. The van der Waals surface area contributed by atoms with Crippen LogP contribution in [0.15, 0.2) is 22.7 Å². The second kappa shape index (κ2) is 5.38. The van der Waals surface area contributed by atoms with Gasteiger partial charge in [-0.1, -0.05) is 11.6 Å². The van der Waals surface area contributed by atoms with Crippen LogP contribution >= 0.6 is 27.5 Å². The maximum absolute atomic E-state index is 12.3. The van der Waals surface area contributed by atoms with Crippen molar-refractivity contribution in [2.75, 3.05) is 19.6 Å². The highest BCUT2D eigenvalue weighted by Crippen LogP contribution is 2.24. The smallest absolute Gasteiger partial charge is 0.254 e. The van der Waals surface area contributed by atoms with E-state index in [1.807, 2.05) is 4.90 Å². The van der Waals surface area contributed by atoms with Crippen molar-refractivity contribution < 1.29 is 4.79 Å². The molecule has 0 saturated carbocycles. The molecule has 3 nitrogen and oxygen atoms in total. The number of nitrogens with zero attached hydrogens (tertiary/aromatic N) is 1. The summed E-state index contributed by atoms with van der Waals surface area (Å²) < 4.78 is 0.757. The summed E-state index contributed by atoms with van der Waals surface area (Å²) in [7, 11) is 0. The lowest BCUT2D eigenvalue weighted by atomic mass is 10.1. The Bertz CT molecular complexity index is 439. The molecule has 1 aromatic carbocycles. The number of benzene rings is 1. The van der Waals surface area contributed by atoms with Crippen molar-refractivity contribution >= 4 is 33.4 Å². The molecule has 1 fully saturated rings. The van der Waals surface area contributed by atoms with Gasteiger partial charge in [0.1, 0.15) is 0 Å². The van der Waals surface area contributed by atoms with E-state index in [2.05, 4.69) is 28.2 Å². The van der Waals surface area contributed by atoms with Gasteiger partial charge in [-0.15, -0.1) is 0 Å². The molecule has 0 aliphatic carbocycles. The summed E-state index contributed by atoms with van der Waals surface area (Å²) in [6.45, 7) is 4.50. The van der Waals surface area contributed by atoms with Gasteiger partial charge >= 0.3 is 0 Å². The van der Waals surface area contributed by atoms with Gasteiger partial charge in [-0.05, 0) is 41.1 Å². The SMILES string of the molecule is CC1CNCCN1C(=O)c1ccc(Cl)c(Br)c1. The normalized spacial score (nSPS) is 20.4. The number of amides is 1. The number of hydrogen-bond donors (Lipinski definition) is 1. The zero-order chi connectivity index (χ0) is 12.4. The molecule has 92 valence electrons. The first-order chi connectivity index (χ1) is 8.09. The van der Waals surface area contributed by atoms with E-state index >= 15 is 0 Å². The second-order valence-corrected chi connectivity index (χ2v) is 5.44. The van der Waals surface area contributed by atoms with Gasteiger partial charge in [0, 0.05) is 35.7 Å². The average Bonchev–Trinajstić information content (AvgIpc) is 2.32. The van der Waals surface area contributed by atoms with E-state index in [0.29, 0.717) is 10.6 Å². The van der Waals surface area contributed by atoms with Crippen molar-refractivity contribution in [1.29, 1.82) is 0 Å². The van der Waals surface area contributed by atoms with Crippen LogP contribution in [-0.4, -0.2) is 36.5 Å². The molecule has 1 amide bonds. The van der Waals surface area contributed by atoms with Gasteiger partial charge in [0.15, 0.2) is 0 Å². The largest absolute Gasteiger partial charge is 0.333 e. The molecule has 1 aliphatic rings. The number of halogens is 2. The fourth-order valence-electron chi connectivity index (χ4n) is 1.94. The molecule has 1 heterocycles. The lowest BCUT2D eigenvalue weighted by molar-refractivity contribution is 0.0655. The highest BCUT2D eigenvalue weighted by Gasteiger charge is 2.24. The Kier molecular flexibility index (Phi) is 4.07. The van der Waals surface area contributed by atoms with Gasteiger partial charge in [-0.3, -0.25) is 4.79 Å². The first-order valence-corrected chi connectivity index (χ1v) is 6.73. The van der Waals surface area contributed by atoms with Gasteiger partial charge in [0.05, 0.1) is 5.02 Å². The molecule has 2 rings (SSSR count). The Morgan fingerprint density at radius 1 is 1.59 bits per heavy atom.